The molecule has 0 saturated carbocycles. The first-order chi connectivity index (χ1) is 14.7. The van der Waals surface area contributed by atoms with E-state index in [0.29, 0.717) is 12.0 Å². The predicted molar refractivity (Wildman–Crippen MR) is 122 cm³/mol. The van der Waals surface area contributed by atoms with Gasteiger partial charge in [0.25, 0.3) is 5.56 Å². The fourth-order valence-corrected chi connectivity index (χ4v) is 5.66. The fraction of sp³-hybridized carbons (Fsp3) is 0.200. The van der Waals surface area contributed by atoms with Gasteiger partial charge in [-0.25, -0.2) is 4.98 Å². The van der Waals surface area contributed by atoms with Gasteiger partial charge in [0.1, 0.15) is 0 Å². The first-order valence-electron chi connectivity index (χ1n) is 10.0. The number of rotatable bonds is 5. The Morgan fingerprint density at radius 3 is 2.23 bits per heavy atom. The number of fused-ring (bicyclic) bond motifs is 4. The normalized spacial score (nSPS) is 13.9. The third-order valence-corrected chi connectivity index (χ3v) is 6.87. The summed E-state index contributed by atoms with van der Waals surface area (Å²) in [5, 5.41) is 1.45. The minimum Gasteiger partial charge on any atom is -0.383 e. The smallest absolute Gasteiger partial charge is 0.262 e. The third-order valence-electron chi connectivity index (χ3n) is 5.62. The standard InChI is InChI=1S/C25H22N2O2S/c1-16(15-29-2)27-24(28)21-13-7-8-14-22(21)26-25(27)30-23-19-11-5-3-9-17(19)18-10-4-6-12-20(18)23/h3-14,16,23H,15H2,1-2H3. The summed E-state index contributed by atoms with van der Waals surface area (Å²) < 4.78 is 7.16. The number of ether oxygens (including phenoxy) is 1. The molecule has 0 saturated heterocycles. The van der Waals surface area contributed by atoms with Crippen molar-refractivity contribution < 1.29 is 4.74 Å². The van der Waals surface area contributed by atoms with Gasteiger partial charge in [0, 0.05) is 7.11 Å². The van der Waals surface area contributed by atoms with Gasteiger partial charge in [-0.2, -0.15) is 0 Å². The van der Waals surface area contributed by atoms with Gasteiger partial charge in [-0.15, -0.1) is 0 Å². The van der Waals surface area contributed by atoms with Crippen LogP contribution in [0.5, 0.6) is 0 Å². The zero-order valence-electron chi connectivity index (χ0n) is 16.9. The maximum Gasteiger partial charge on any atom is 0.262 e. The van der Waals surface area contributed by atoms with Crippen molar-refractivity contribution in [2.75, 3.05) is 13.7 Å². The topological polar surface area (TPSA) is 44.1 Å². The van der Waals surface area contributed by atoms with E-state index >= 15 is 0 Å². The van der Waals surface area contributed by atoms with E-state index in [9.17, 15) is 4.79 Å². The number of hydrogen-bond acceptors (Lipinski definition) is 4. The molecule has 0 fully saturated rings. The van der Waals surface area contributed by atoms with Crippen molar-refractivity contribution in [3.05, 3.63) is 94.3 Å². The number of nitrogens with zero attached hydrogens (tertiary/aromatic N) is 2. The lowest BCUT2D eigenvalue weighted by atomic mass is 10.1. The summed E-state index contributed by atoms with van der Waals surface area (Å²) in [4.78, 5) is 18.3. The summed E-state index contributed by atoms with van der Waals surface area (Å²) in [5.41, 5.74) is 5.74. The molecule has 1 aliphatic carbocycles. The second-order valence-electron chi connectivity index (χ2n) is 7.56. The molecule has 0 radical (unpaired) electrons. The summed E-state index contributed by atoms with van der Waals surface area (Å²) in [6, 6.07) is 24.4. The number of methoxy groups -OCH3 is 1. The number of hydrogen-bond donors (Lipinski definition) is 0. The molecule has 0 bridgehead atoms. The molecule has 0 N–H and O–H groups in total. The van der Waals surface area contributed by atoms with E-state index in [1.165, 1.54) is 22.3 Å². The van der Waals surface area contributed by atoms with Crippen LogP contribution >= 0.6 is 11.8 Å². The summed E-state index contributed by atoms with van der Waals surface area (Å²) in [5.74, 6) is 0. The maximum atomic E-state index is 13.4. The van der Waals surface area contributed by atoms with E-state index in [-0.39, 0.29) is 16.9 Å². The molecular formula is C25H22N2O2S. The Morgan fingerprint density at radius 1 is 0.967 bits per heavy atom. The van der Waals surface area contributed by atoms with Crippen molar-refractivity contribution in [2.24, 2.45) is 0 Å². The van der Waals surface area contributed by atoms with Crippen LogP contribution in [0.25, 0.3) is 22.0 Å². The lowest BCUT2D eigenvalue weighted by Gasteiger charge is -2.21. The summed E-state index contributed by atoms with van der Waals surface area (Å²) >= 11 is 1.64. The molecule has 5 rings (SSSR count). The van der Waals surface area contributed by atoms with E-state index in [4.69, 9.17) is 9.72 Å². The van der Waals surface area contributed by atoms with E-state index in [0.717, 1.165) is 10.7 Å². The van der Waals surface area contributed by atoms with E-state index in [1.807, 2.05) is 31.2 Å². The molecule has 4 aromatic rings. The first-order valence-corrected chi connectivity index (χ1v) is 10.9. The molecule has 3 aromatic carbocycles. The van der Waals surface area contributed by atoms with Crippen molar-refractivity contribution in [1.82, 2.24) is 9.55 Å². The molecule has 1 unspecified atom stereocenters. The van der Waals surface area contributed by atoms with Crippen molar-refractivity contribution in [3.8, 4) is 11.1 Å². The SMILES string of the molecule is COCC(C)n1c(SC2c3ccccc3-c3ccccc32)nc2ccccc2c1=O. The van der Waals surface area contributed by atoms with Crippen LogP contribution in [-0.2, 0) is 4.74 Å². The largest absolute Gasteiger partial charge is 0.383 e. The molecule has 1 atom stereocenters. The van der Waals surface area contributed by atoms with Crippen molar-refractivity contribution in [3.63, 3.8) is 0 Å². The van der Waals surface area contributed by atoms with Crippen LogP contribution in [-0.4, -0.2) is 23.3 Å². The lowest BCUT2D eigenvalue weighted by Crippen LogP contribution is -2.28. The van der Waals surface area contributed by atoms with Gasteiger partial charge in [-0.05, 0) is 41.3 Å². The van der Waals surface area contributed by atoms with Crippen LogP contribution in [0, 0.1) is 0 Å². The third kappa shape index (κ3) is 3.06. The van der Waals surface area contributed by atoms with Crippen LogP contribution < -0.4 is 5.56 Å². The molecule has 1 aromatic heterocycles. The highest BCUT2D eigenvalue weighted by Crippen LogP contribution is 2.51. The van der Waals surface area contributed by atoms with Gasteiger partial charge < -0.3 is 4.74 Å². The average molecular weight is 415 g/mol. The monoisotopic (exact) mass is 414 g/mol. The van der Waals surface area contributed by atoms with Crippen LogP contribution in [0.4, 0.5) is 0 Å². The Bertz CT molecular complexity index is 1250. The van der Waals surface area contributed by atoms with Crippen LogP contribution in [0.15, 0.2) is 82.7 Å². The molecule has 1 heterocycles. The van der Waals surface area contributed by atoms with E-state index in [1.54, 1.807) is 23.4 Å². The zero-order chi connectivity index (χ0) is 20.7. The number of benzene rings is 3. The van der Waals surface area contributed by atoms with Crippen molar-refractivity contribution in [1.29, 1.82) is 0 Å². The highest BCUT2D eigenvalue weighted by molar-refractivity contribution is 7.99. The van der Waals surface area contributed by atoms with Crippen LogP contribution in [0.2, 0.25) is 0 Å². The number of aromatic nitrogens is 2. The second-order valence-corrected chi connectivity index (χ2v) is 8.64. The van der Waals surface area contributed by atoms with Gasteiger partial charge in [0.05, 0.1) is 28.8 Å². The molecule has 4 nitrogen and oxygen atoms in total. The van der Waals surface area contributed by atoms with Gasteiger partial charge in [0.2, 0.25) is 0 Å². The molecule has 5 heteroatoms. The maximum absolute atomic E-state index is 13.4. The van der Waals surface area contributed by atoms with E-state index < -0.39 is 0 Å². The lowest BCUT2D eigenvalue weighted by molar-refractivity contribution is 0.156. The second kappa shape index (κ2) is 7.74. The Labute approximate surface area is 179 Å². The average Bonchev–Trinajstić information content (AvgIpc) is 3.08. The molecule has 0 amide bonds. The first kappa shape index (κ1) is 19.1. The van der Waals surface area contributed by atoms with Gasteiger partial charge in [-0.1, -0.05) is 72.4 Å². The summed E-state index contributed by atoms with van der Waals surface area (Å²) in [6.07, 6.45) is 0. The number of thioether (sulfide) groups is 1. The summed E-state index contributed by atoms with van der Waals surface area (Å²) in [6.45, 7) is 2.45. The highest BCUT2D eigenvalue weighted by Gasteiger charge is 2.31. The zero-order valence-corrected chi connectivity index (χ0v) is 17.7. The van der Waals surface area contributed by atoms with Gasteiger partial charge >= 0.3 is 0 Å². The predicted octanol–water partition coefficient (Wildman–Crippen LogP) is 5.47. The molecular weight excluding hydrogens is 392 g/mol. The Morgan fingerprint density at radius 2 is 1.57 bits per heavy atom. The molecule has 0 spiro atoms. The minimum absolute atomic E-state index is 0.0211. The Kier molecular flexibility index (Phi) is 4.93. The number of para-hydroxylation sites is 1. The van der Waals surface area contributed by atoms with Gasteiger partial charge in [-0.3, -0.25) is 9.36 Å². The van der Waals surface area contributed by atoms with Crippen LogP contribution in [0.1, 0.15) is 29.3 Å². The fourth-order valence-electron chi connectivity index (χ4n) is 4.25. The van der Waals surface area contributed by atoms with Crippen molar-refractivity contribution >= 4 is 22.7 Å². The summed E-state index contributed by atoms with van der Waals surface area (Å²) in [7, 11) is 1.66. The highest BCUT2D eigenvalue weighted by atomic mass is 32.2. The molecule has 0 aliphatic heterocycles. The Balaban J connectivity index is 1.69. The Hall–Kier alpha value is -2.89. The van der Waals surface area contributed by atoms with Crippen molar-refractivity contribution in [2.45, 2.75) is 23.4 Å². The van der Waals surface area contributed by atoms with Gasteiger partial charge in [0.15, 0.2) is 5.16 Å². The molecule has 30 heavy (non-hydrogen) atoms. The molecule has 150 valence electrons. The quantitative estimate of drug-likeness (QED) is 0.407. The van der Waals surface area contributed by atoms with E-state index in [2.05, 4.69) is 48.5 Å². The molecule has 1 aliphatic rings. The van der Waals surface area contributed by atoms with Crippen LogP contribution in [0.3, 0.4) is 0 Å². The minimum atomic E-state index is -0.117.